The number of aromatic nitrogens is 2. The van der Waals surface area contributed by atoms with Crippen molar-refractivity contribution >= 4 is 17.0 Å². The maximum atomic E-state index is 12.6. The maximum absolute atomic E-state index is 12.6. The van der Waals surface area contributed by atoms with Gasteiger partial charge in [-0.05, 0) is 25.5 Å². The third-order valence-electron chi connectivity index (χ3n) is 3.02. The summed E-state index contributed by atoms with van der Waals surface area (Å²) in [5.74, 6) is 0.376. The van der Waals surface area contributed by atoms with Crippen LogP contribution >= 0.6 is 0 Å². The molecule has 0 spiro atoms. The molecule has 0 bridgehead atoms. The Morgan fingerprint density at radius 1 is 1.41 bits per heavy atom. The minimum atomic E-state index is -2.48. The molecule has 0 radical (unpaired) electrons. The van der Waals surface area contributed by atoms with Crippen molar-refractivity contribution in [3.8, 4) is 0 Å². The van der Waals surface area contributed by atoms with E-state index in [9.17, 15) is 8.78 Å². The standard InChI is InChI=1S/C12H15F2N3/c1-3-7(2)17-10-5-4-8(11(13)14)6-9(10)16-12(17)15/h4-7,11H,3H2,1-2H3,(H2,15,16). The van der Waals surface area contributed by atoms with Gasteiger partial charge in [-0.25, -0.2) is 13.8 Å². The Bertz CT molecular complexity index is 534. The Hall–Kier alpha value is -1.65. The molecule has 1 atom stereocenters. The second-order valence-corrected chi connectivity index (χ2v) is 4.15. The summed E-state index contributed by atoms with van der Waals surface area (Å²) in [6, 6.07) is 4.69. The lowest BCUT2D eigenvalue weighted by Gasteiger charge is -2.13. The van der Waals surface area contributed by atoms with Crippen LogP contribution in [0.25, 0.3) is 11.0 Å². The lowest BCUT2D eigenvalue weighted by Crippen LogP contribution is -2.07. The number of nitrogen functional groups attached to an aromatic ring is 1. The summed E-state index contributed by atoms with van der Waals surface area (Å²) in [7, 11) is 0. The number of alkyl halides is 2. The molecule has 0 saturated carbocycles. The van der Waals surface area contributed by atoms with Crippen molar-refractivity contribution < 1.29 is 8.78 Å². The molecule has 1 unspecified atom stereocenters. The minimum absolute atomic E-state index is 0.0219. The zero-order valence-corrected chi connectivity index (χ0v) is 9.82. The molecule has 0 amide bonds. The van der Waals surface area contributed by atoms with Gasteiger partial charge in [-0.15, -0.1) is 0 Å². The Morgan fingerprint density at radius 2 is 2.12 bits per heavy atom. The van der Waals surface area contributed by atoms with E-state index >= 15 is 0 Å². The van der Waals surface area contributed by atoms with Crippen LogP contribution in [0.5, 0.6) is 0 Å². The fourth-order valence-corrected chi connectivity index (χ4v) is 1.92. The van der Waals surface area contributed by atoms with E-state index in [1.54, 1.807) is 6.07 Å². The topological polar surface area (TPSA) is 43.8 Å². The molecule has 2 N–H and O–H groups in total. The van der Waals surface area contributed by atoms with E-state index in [4.69, 9.17) is 5.73 Å². The summed E-state index contributed by atoms with van der Waals surface area (Å²) in [6.45, 7) is 4.07. The highest BCUT2D eigenvalue weighted by atomic mass is 19.3. The van der Waals surface area contributed by atoms with Gasteiger partial charge in [0.25, 0.3) is 6.43 Å². The average molecular weight is 239 g/mol. The van der Waals surface area contributed by atoms with E-state index in [2.05, 4.69) is 4.98 Å². The van der Waals surface area contributed by atoms with Gasteiger partial charge in [0, 0.05) is 11.6 Å². The molecule has 0 fully saturated rings. The Balaban J connectivity index is 2.60. The molecular weight excluding hydrogens is 224 g/mol. The number of imidazole rings is 1. The van der Waals surface area contributed by atoms with Crippen LogP contribution in [-0.4, -0.2) is 9.55 Å². The van der Waals surface area contributed by atoms with Gasteiger partial charge in [0.15, 0.2) is 0 Å². The molecule has 0 aliphatic heterocycles. The summed E-state index contributed by atoms with van der Waals surface area (Å²) in [5.41, 5.74) is 7.13. The SMILES string of the molecule is CCC(C)n1c(N)nc2cc(C(F)F)ccc21. The van der Waals surface area contributed by atoms with Crippen molar-refractivity contribution in [3.63, 3.8) is 0 Å². The zero-order valence-electron chi connectivity index (χ0n) is 9.82. The molecule has 0 saturated heterocycles. The molecule has 0 aliphatic rings. The molecular formula is C12H15F2N3. The number of rotatable bonds is 3. The molecule has 5 heteroatoms. The molecule has 0 aliphatic carbocycles. The van der Waals surface area contributed by atoms with Gasteiger partial charge in [-0.2, -0.15) is 0 Å². The second kappa shape index (κ2) is 4.31. The summed E-state index contributed by atoms with van der Waals surface area (Å²) in [4.78, 5) is 4.13. The summed E-state index contributed by atoms with van der Waals surface area (Å²) in [5, 5.41) is 0. The van der Waals surface area contributed by atoms with Crippen molar-refractivity contribution in [3.05, 3.63) is 23.8 Å². The quantitative estimate of drug-likeness (QED) is 0.890. The van der Waals surface area contributed by atoms with Crippen molar-refractivity contribution in [2.24, 2.45) is 0 Å². The smallest absolute Gasteiger partial charge is 0.263 e. The lowest BCUT2D eigenvalue weighted by atomic mass is 10.2. The first-order chi connectivity index (χ1) is 8.04. The summed E-state index contributed by atoms with van der Waals surface area (Å²) < 4.78 is 27.0. The molecule has 92 valence electrons. The number of fused-ring (bicyclic) bond motifs is 1. The Kier molecular flexibility index (Phi) is 3.00. The first-order valence-corrected chi connectivity index (χ1v) is 5.60. The van der Waals surface area contributed by atoms with Crippen LogP contribution in [0.1, 0.15) is 38.3 Å². The lowest BCUT2D eigenvalue weighted by molar-refractivity contribution is 0.151. The third kappa shape index (κ3) is 1.97. The molecule has 1 aromatic carbocycles. The van der Waals surface area contributed by atoms with E-state index < -0.39 is 6.43 Å². The predicted molar refractivity (Wildman–Crippen MR) is 64.1 cm³/mol. The average Bonchev–Trinajstić information content (AvgIpc) is 2.62. The van der Waals surface area contributed by atoms with Crippen LogP contribution in [0, 0.1) is 0 Å². The summed E-state index contributed by atoms with van der Waals surface area (Å²) >= 11 is 0. The number of hydrogen-bond acceptors (Lipinski definition) is 2. The first kappa shape index (κ1) is 11.8. The van der Waals surface area contributed by atoms with Crippen LogP contribution in [0.15, 0.2) is 18.2 Å². The van der Waals surface area contributed by atoms with Crippen molar-refractivity contribution in [2.75, 3.05) is 5.73 Å². The molecule has 2 aromatic rings. The number of halogens is 2. The van der Waals surface area contributed by atoms with Crippen molar-refractivity contribution in [1.29, 1.82) is 0 Å². The fourth-order valence-electron chi connectivity index (χ4n) is 1.92. The third-order valence-corrected chi connectivity index (χ3v) is 3.02. The number of hydrogen-bond donors (Lipinski definition) is 1. The van der Waals surface area contributed by atoms with E-state index in [0.717, 1.165) is 11.9 Å². The van der Waals surface area contributed by atoms with Gasteiger partial charge in [0.1, 0.15) is 0 Å². The van der Waals surface area contributed by atoms with Gasteiger partial charge in [0.2, 0.25) is 5.95 Å². The molecule has 3 nitrogen and oxygen atoms in total. The number of nitrogens with two attached hydrogens (primary N) is 1. The van der Waals surface area contributed by atoms with Crippen LogP contribution in [0.2, 0.25) is 0 Å². The molecule has 17 heavy (non-hydrogen) atoms. The first-order valence-electron chi connectivity index (χ1n) is 5.60. The number of anilines is 1. The normalized spacial score (nSPS) is 13.5. The highest BCUT2D eigenvalue weighted by Gasteiger charge is 2.15. The number of benzene rings is 1. The summed E-state index contributed by atoms with van der Waals surface area (Å²) in [6.07, 6.45) is -1.57. The van der Waals surface area contributed by atoms with Crippen LogP contribution in [0.4, 0.5) is 14.7 Å². The Labute approximate surface area is 98.2 Å². The number of nitrogens with zero attached hydrogens (tertiary/aromatic N) is 2. The highest BCUT2D eigenvalue weighted by molar-refractivity contribution is 5.79. The van der Waals surface area contributed by atoms with Gasteiger partial charge in [-0.3, -0.25) is 0 Å². The zero-order chi connectivity index (χ0) is 12.6. The van der Waals surface area contributed by atoms with Crippen molar-refractivity contribution in [2.45, 2.75) is 32.7 Å². The van der Waals surface area contributed by atoms with Gasteiger partial charge in [0.05, 0.1) is 11.0 Å². The van der Waals surface area contributed by atoms with E-state index in [1.165, 1.54) is 12.1 Å². The molecule has 2 rings (SSSR count). The van der Waals surface area contributed by atoms with Crippen molar-refractivity contribution in [1.82, 2.24) is 9.55 Å². The van der Waals surface area contributed by atoms with E-state index in [0.29, 0.717) is 11.5 Å². The minimum Gasteiger partial charge on any atom is -0.369 e. The largest absolute Gasteiger partial charge is 0.369 e. The second-order valence-electron chi connectivity index (χ2n) is 4.15. The molecule has 1 heterocycles. The predicted octanol–water partition coefficient (Wildman–Crippen LogP) is 3.53. The van der Waals surface area contributed by atoms with E-state index in [1.807, 2.05) is 18.4 Å². The van der Waals surface area contributed by atoms with Gasteiger partial charge < -0.3 is 10.3 Å². The monoisotopic (exact) mass is 239 g/mol. The van der Waals surface area contributed by atoms with Gasteiger partial charge >= 0.3 is 0 Å². The van der Waals surface area contributed by atoms with Crippen LogP contribution in [-0.2, 0) is 0 Å². The van der Waals surface area contributed by atoms with E-state index in [-0.39, 0.29) is 11.6 Å². The fraction of sp³-hybridized carbons (Fsp3) is 0.417. The van der Waals surface area contributed by atoms with Crippen LogP contribution in [0.3, 0.4) is 0 Å². The molecule has 1 aromatic heterocycles. The highest BCUT2D eigenvalue weighted by Crippen LogP contribution is 2.28. The van der Waals surface area contributed by atoms with Crippen LogP contribution < -0.4 is 5.73 Å². The van der Waals surface area contributed by atoms with Gasteiger partial charge in [-0.1, -0.05) is 13.0 Å². The Morgan fingerprint density at radius 3 is 2.71 bits per heavy atom. The maximum Gasteiger partial charge on any atom is 0.263 e.